The Morgan fingerprint density at radius 2 is 2.12 bits per heavy atom. The lowest BCUT2D eigenvalue weighted by Gasteiger charge is -2.17. The van der Waals surface area contributed by atoms with Crippen molar-refractivity contribution in [3.8, 4) is 17.1 Å². The molecule has 7 heteroatoms. The summed E-state index contributed by atoms with van der Waals surface area (Å²) < 4.78 is 7.01. The molecule has 2 aromatic heterocycles. The van der Waals surface area contributed by atoms with E-state index in [9.17, 15) is 9.59 Å². The van der Waals surface area contributed by atoms with Crippen LogP contribution in [-0.2, 0) is 4.79 Å². The van der Waals surface area contributed by atoms with Crippen molar-refractivity contribution in [2.45, 2.75) is 25.3 Å². The van der Waals surface area contributed by atoms with E-state index in [-0.39, 0.29) is 17.5 Å². The van der Waals surface area contributed by atoms with Gasteiger partial charge in [0.05, 0.1) is 18.2 Å². The number of carbonyl (C=O) groups excluding carboxylic acids is 1. The molecule has 0 radical (unpaired) electrons. The van der Waals surface area contributed by atoms with Gasteiger partial charge in [-0.25, -0.2) is 4.98 Å². The van der Waals surface area contributed by atoms with Crippen molar-refractivity contribution in [1.82, 2.24) is 19.9 Å². The van der Waals surface area contributed by atoms with Crippen LogP contribution in [0.3, 0.4) is 0 Å². The van der Waals surface area contributed by atoms with E-state index in [0.717, 1.165) is 24.6 Å². The number of benzene rings is 1. The van der Waals surface area contributed by atoms with Crippen LogP contribution in [0, 0.1) is 0 Å². The van der Waals surface area contributed by atoms with Crippen molar-refractivity contribution in [2.75, 3.05) is 13.7 Å². The summed E-state index contributed by atoms with van der Waals surface area (Å²) in [5.41, 5.74) is 0.903. The second-order valence-electron chi connectivity index (χ2n) is 6.43. The average molecular weight is 352 g/mol. The molecule has 1 unspecified atom stereocenters. The molecule has 0 aliphatic carbocycles. The second kappa shape index (κ2) is 6.67. The normalized spacial score (nSPS) is 17.7. The molecule has 3 aromatic rings. The molecular weight excluding hydrogens is 332 g/mol. The predicted octanol–water partition coefficient (Wildman–Crippen LogP) is 2.24. The fourth-order valence-corrected chi connectivity index (χ4v) is 3.44. The number of aromatic nitrogens is 3. The Balaban J connectivity index is 1.81. The van der Waals surface area contributed by atoms with Gasteiger partial charge >= 0.3 is 0 Å². The third kappa shape index (κ3) is 2.85. The zero-order valence-electron chi connectivity index (χ0n) is 14.5. The van der Waals surface area contributed by atoms with Crippen LogP contribution in [0.5, 0.6) is 5.75 Å². The molecule has 1 fully saturated rings. The zero-order chi connectivity index (χ0) is 18.1. The van der Waals surface area contributed by atoms with Gasteiger partial charge in [-0.05, 0) is 42.8 Å². The monoisotopic (exact) mass is 352 g/mol. The topological polar surface area (TPSA) is 89.0 Å². The fraction of sp³-hybridized carbons (Fsp3) is 0.316. The molecule has 134 valence electrons. The van der Waals surface area contributed by atoms with Gasteiger partial charge in [-0.15, -0.1) is 0 Å². The highest BCUT2D eigenvalue weighted by Gasteiger charge is 2.25. The summed E-state index contributed by atoms with van der Waals surface area (Å²) in [6.07, 6.45) is 6.05. The Morgan fingerprint density at radius 1 is 1.23 bits per heavy atom. The van der Waals surface area contributed by atoms with Crippen LogP contribution >= 0.6 is 0 Å². The highest BCUT2D eigenvalue weighted by molar-refractivity contribution is 5.84. The molecule has 0 saturated carbocycles. The summed E-state index contributed by atoms with van der Waals surface area (Å²) in [6, 6.07) is 6.97. The number of hydrogen-bond donors (Lipinski definition) is 2. The van der Waals surface area contributed by atoms with E-state index in [4.69, 9.17) is 4.74 Å². The number of carbonyl (C=O) groups is 1. The molecule has 4 rings (SSSR count). The molecule has 1 amide bonds. The van der Waals surface area contributed by atoms with Gasteiger partial charge in [0.1, 0.15) is 17.6 Å². The molecule has 3 heterocycles. The number of fused-ring (bicyclic) bond motifs is 1. The number of rotatable bonds is 3. The highest BCUT2D eigenvalue weighted by Crippen LogP contribution is 2.26. The van der Waals surface area contributed by atoms with Crippen molar-refractivity contribution in [2.24, 2.45) is 0 Å². The van der Waals surface area contributed by atoms with Crippen molar-refractivity contribution in [1.29, 1.82) is 0 Å². The molecule has 1 aliphatic heterocycles. The van der Waals surface area contributed by atoms with Crippen molar-refractivity contribution in [3.05, 3.63) is 47.0 Å². The summed E-state index contributed by atoms with van der Waals surface area (Å²) >= 11 is 0. The van der Waals surface area contributed by atoms with Crippen LogP contribution in [0.1, 0.15) is 25.3 Å². The number of hydrogen-bond acceptors (Lipinski definition) is 4. The number of ether oxygens (including phenoxy) is 1. The lowest BCUT2D eigenvalue weighted by atomic mass is 10.1. The van der Waals surface area contributed by atoms with Crippen LogP contribution in [0.15, 0.2) is 41.5 Å². The Morgan fingerprint density at radius 3 is 2.96 bits per heavy atom. The zero-order valence-corrected chi connectivity index (χ0v) is 14.5. The number of nitrogens with zero attached hydrogens (tertiary/aromatic N) is 2. The Labute approximate surface area is 150 Å². The first-order valence-electron chi connectivity index (χ1n) is 8.69. The SMILES string of the molecule is COc1ccc2cc(-c3nccn3C3CCCCNC3=O)c(=O)[nH]c2c1. The largest absolute Gasteiger partial charge is 0.497 e. The van der Waals surface area contributed by atoms with Crippen LogP contribution in [0.4, 0.5) is 0 Å². The molecule has 0 bridgehead atoms. The minimum atomic E-state index is -0.346. The maximum atomic E-state index is 12.7. The number of methoxy groups -OCH3 is 1. The summed E-state index contributed by atoms with van der Waals surface area (Å²) in [4.78, 5) is 32.3. The molecule has 26 heavy (non-hydrogen) atoms. The highest BCUT2D eigenvalue weighted by atomic mass is 16.5. The molecule has 1 atom stereocenters. The molecular formula is C19H20N4O3. The minimum Gasteiger partial charge on any atom is -0.497 e. The van der Waals surface area contributed by atoms with Gasteiger partial charge in [0, 0.05) is 25.0 Å². The second-order valence-corrected chi connectivity index (χ2v) is 6.43. The van der Waals surface area contributed by atoms with Crippen LogP contribution < -0.4 is 15.6 Å². The first-order chi connectivity index (χ1) is 12.7. The first kappa shape index (κ1) is 16.4. The van der Waals surface area contributed by atoms with E-state index >= 15 is 0 Å². The van der Waals surface area contributed by atoms with E-state index < -0.39 is 0 Å². The maximum Gasteiger partial charge on any atom is 0.259 e. The van der Waals surface area contributed by atoms with Gasteiger partial charge in [0.2, 0.25) is 5.91 Å². The Bertz CT molecular complexity index is 1020. The predicted molar refractivity (Wildman–Crippen MR) is 98.2 cm³/mol. The minimum absolute atomic E-state index is 0.0243. The Hall–Kier alpha value is -3.09. The number of imidazole rings is 1. The molecule has 1 aliphatic rings. The number of aromatic amines is 1. The summed E-state index contributed by atoms with van der Waals surface area (Å²) in [5.74, 6) is 1.16. The van der Waals surface area contributed by atoms with Gasteiger partial charge in [0.25, 0.3) is 5.56 Å². The first-order valence-corrected chi connectivity index (χ1v) is 8.69. The van der Waals surface area contributed by atoms with Crippen molar-refractivity contribution in [3.63, 3.8) is 0 Å². The molecule has 2 N–H and O–H groups in total. The number of H-pyrrole nitrogens is 1. The van der Waals surface area contributed by atoms with Crippen LogP contribution in [0.25, 0.3) is 22.3 Å². The van der Waals surface area contributed by atoms with Crippen LogP contribution in [-0.4, -0.2) is 34.1 Å². The van der Waals surface area contributed by atoms with Crippen molar-refractivity contribution >= 4 is 16.8 Å². The number of pyridine rings is 1. The Kier molecular flexibility index (Phi) is 4.20. The van der Waals surface area contributed by atoms with Gasteiger partial charge in [-0.1, -0.05) is 0 Å². The fourth-order valence-electron chi connectivity index (χ4n) is 3.44. The van der Waals surface area contributed by atoms with Crippen molar-refractivity contribution < 1.29 is 9.53 Å². The van der Waals surface area contributed by atoms with E-state index in [0.29, 0.717) is 29.2 Å². The molecule has 1 aromatic carbocycles. The number of amides is 1. The van der Waals surface area contributed by atoms with Gasteiger partial charge < -0.3 is 19.6 Å². The maximum absolute atomic E-state index is 12.7. The summed E-state index contributed by atoms with van der Waals surface area (Å²) in [6.45, 7) is 0.692. The number of nitrogens with one attached hydrogen (secondary N) is 2. The third-order valence-electron chi connectivity index (χ3n) is 4.80. The van der Waals surface area contributed by atoms with E-state index in [1.54, 1.807) is 36.2 Å². The molecule has 0 spiro atoms. The van der Waals surface area contributed by atoms with Gasteiger partial charge in [0.15, 0.2) is 0 Å². The lowest BCUT2D eigenvalue weighted by Crippen LogP contribution is -2.31. The molecule has 1 saturated heterocycles. The average Bonchev–Trinajstić information content (AvgIpc) is 3.02. The van der Waals surface area contributed by atoms with E-state index in [1.807, 2.05) is 12.1 Å². The standard InChI is InChI=1S/C19H20N4O3/c1-26-13-6-5-12-10-14(18(24)22-15(12)11-13)17-20-8-9-23(17)16-4-2-3-7-21-19(16)25/h5-6,8-11,16H,2-4,7H2,1H3,(H,21,25)(H,22,24). The lowest BCUT2D eigenvalue weighted by molar-refractivity contribution is -0.124. The van der Waals surface area contributed by atoms with E-state index in [1.165, 1.54) is 0 Å². The summed E-state index contributed by atoms with van der Waals surface area (Å²) in [7, 11) is 1.59. The summed E-state index contributed by atoms with van der Waals surface area (Å²) in [5, 5.41) is 3.81. The third-order valence-corrected chi connectivity index (χ3v) is 4.80. The smallest absolute Gasteiger partial charge is 0.259 e. The molecule has 7 nitrogen and oxygen atoms in total. The quantitative estimate of drug-likeness (QED) is 0.757. The van der Waals surface area contributed by atoms with Gasteiger partial charge in [-0.2, -0.15) is 0 Å². The van der Waals surface area contributed by atoms with E-state index in [2.05, 4.69) is 15.3 Å². The van der Waals surface area contributed by atoms with Crippen LogP contribution in [0.2, 0.25) is 0 Å². The van der Waals surface area contributed by atoms with Gasteiger partial charge in [-0.3, -0.25) is 9.59 Å².